The van der Waals surface area contributed by atoms with Crippen LogP contribution in [0.4, 0.5) is 0 Å². The molecular formula is C14H13O3S. The molecule has 0 aliphatic rings. The normalized spacial score (nSPS) is 10.3. The first kappa shape index (κ1) is 12.6. The topological polar surface area (TPSA) is 46.5 Å². The lowest BCUT2D eigenvalue weighted by molar-refractivity contribution is 0.101. The van der Waals surface area contributed by atoms with E-state index in [0.29, 0.717) is 23.5 Å². The minimum absolute atomic E-state index is 0.00528. The van der Waals surface area contributed by atoms with Crippen molar-refractivity contribution < 1.29 is 14.6 Å². The number of hydrogen-bond acceptors (Lipinski definition) is 4. The number of phenols is 1. The highest BCUT2D eigenvalue weighted by Crippen LogP contribution is 2.31. The fourth-order valence-corrected chi connectivity index (χ4v) is 2.19. The lowest BCUT2D eigenvalue weighted by atomic mass is 10.1. The molecule has 0 bridgehead atoms. The third-order valence-electron chi connectivity index (χ3n) is 2.67. The lowest BCUT2D eigenvalue weighted by Crippen LogP contribution is -1.99. The van der Waals surface area contributed by atoms with Crippen molar-refractivity contribution in [2.45, 2.75) is 20.5 Å². The number of thiophene rings is 1. The van der Waals surface area contributed by atoms with E-state index in [1.54, 1.807) is 19.1 Å². The van der Waals surface area contributed by atoms with Crippen LogP contribution < -0.4 is 4.74 Å². The van der Waals surface area contributed by atoms with Gasteiger partial charge >= 0.3 is 0 Å². The number of Topliss-reactive ketones (excluding diaryl/α,β-unsaturated/α-hetero) is 1. The molecule has 1 aromatic heterocycles. The maximum absolute atomic E-state index is 11.3. The number of hydrogen-bond donors (Lipinski definition) is 1. The first-order valence-electron chi connectivity index (χ1n) is 5.50. The van der Waals surface area contributed by atoms with Crippen LogP contribution in [0.3, 0.4) is 0 Å². The second-order valence-corrected chi connectivity index (χ2v) is 4.69. The van der Waals surface area contributed by atoms with Gasteiger partial charge in [-0.2, -0.15) is 0 Å². The number of ether oxygens (including phenoxy) is 1. The van der Waals surface area contributed by atoms with Crippen molar-refractivity contribution >= 4 is 17.1 Å². The largest absolute Gasteiger partial charge is 0.507 e. The van der Waals surface area contributed by atoms with Crippen LogP contribution >= 0.6 is 11.3 Å². The number of phenolic OH excluding ortho intramolecular Hbond substituents is 1. The number of aromatic hydroxyl groups is 1. The van der Waals surface area contributed by atoms with E-state index in [0.717, 1.165) is 5.56 Å². The molecule has 1 N–H and O–H groups in total. The number of carbonyl (C=O) groups excluding carboxylic acids is 1. The van der Waals surface area contributed by atoms with E-state index < -0.39 is 0 Å². The lowest BCUT2D eigenvalue weighted by Gasteiger charge is -2.11. The Morgan fingerprint density at radius 3 is 2.83 bits per heavy atom. The molecule has 0 aliphatic carbocycles. The molecule has 2 aromatic rings. The predicted molar refractivity (Wildman–Crippen MR) is 70.3 cm³/mol. The first-order valence-corrected chi connectivity index (χ1v) is 6.38. The second-order valence-electron chi connectivity index (χ2n) is 3.98. The first-order chi connectivity index (χ1) is 8.59. The van der Waals surface area contributed by atoms with Crippen LogP contribution in [0.15, 0.2) is 23.6 Å². The summed E-state index contributed by atoms with van der Waals surface area (Å²) in [6.07, 6.45) is 0. The van der Waals surface area contributed by atoms with Crippen molar-refractivity contribution in [1.29, 1.82) is 0 Å². The average Bonchev–Trinajstić information content (AvgIpc) is 2.83. The minimum Gasteiger partial charge on any atom is -0.507 e. The smallest absolute Gasteiger partial charge is 0.163 e. The zero-order valence-electron chi connectivity index (χ0n) is 10.2. The Kier molecular flexibility index (Phi) is 3.67. The fraction of sp³-hybridized carbons (Fsp3) is 0.214. The summed E-state index contributed by atoms with van der Waals surface area (Å²) in [5.41, 5.74) is 1.87. The molecule has 1 radical (unpaired) electrons. The molecule has 1 aromatic carbocycles. The molecule has 0 aliphatic heterocycles. The molecule has 0 fully saturated rings. The van der Waals surface area contributed by atoms with Gasteiger partial charge in [0, 0.05) is 11.1 Å². The number of carbonyl (C=O) groups is 1. The molecule has 3 nitrogen and oxygen atoms in total. The monoisotopic (exact) mass is 261 g/mol. The maximum Gasteiger partial charge on any atom is 0.163 e. The van der Waals surface area contributed by atoms with Crippen molar-refractivity contribution in [1.82, 2.24) is 0 Å². The molecule has 18 heavy (non-hydrogen) atoms. The quantitative estimate of drug-likeness (QED) is 0.858. The van der Waals surface area contributed by atoms with Gasteiger partial charge in [0.15, 0.2) is 5.78 Å². The molecule has 93 valence electrons. The Hall–Kier alpha value is -1.81. The zero-order chi connectivity index (χ0) is 13.1. The summed E-state index contributed by atoms with van der Waals surface area (Å²) >= 11 is 1.49. The Bertz CT molecular complexity index is 559. The van der Waals surface area contributed by atoms with Gasteiger partial charge in [0.2, 0.25) is 0 Å². The van der Waals surface area contributed by atoms with Gasteiger partial charge in [-0.25, -0.2) is 0 Å². The van der Waals surface area contributed by atoms with Crippen LogP contribution in [0.5, 0.6) is 11.5 Å². The molecule has 4 heteroatoms. The SMILES string of the molecule is CC(=O)c1ccc(OCc2[c]scc2)c(C)c1O. The standard InChI is InChI=1S/C14H13O3S/c1-9-13(17-7-11-5-6-18-8-11)4-3-12(10(2)15)14(9)16/h3-6,16H,7H2,1-2H3. The van der Waals surface area contributed by atoms with Gasteiger partial charge in [0.1, 0.15) is 18.1 Å². The average molecular weight is 261 g/mol. The Balaban J connectivity index is 2.19. The van der Waals surface area contributed by atoms with Crippen molar-refractivity contribution in [3.05, 3.63) is 45.6 Å². The fourth-order valence-electron chi connectivity index (χ4n) is 1.62. The summed E-state index contributed by atoms with van der Waals surface area (Å²) < 4.78 is 5.60. The molecule has 0 atom stereocenters. The van der Waals surface area contributed by atoms with Crippen molar-refractivity contribution in [2.24, 2.45) is 0 Å². The van der Waals surface area contributed by atoms with E-state index in [1.165, 1.54) is 18.3 Å². The van der Waals surface area contributed by atoms with Gasteiger partial charge in [-0.15, -0.1) is 11.3 Å². The summed E-state index contributed by atoms with van der Waals surface area (Å²) in [7, 11) is 0. The van der Waals surface area contributed by atoms with Gasteiger partial charge in [-0.3, -0.25) is 4.79 Å². The maximum atomic E-state index is 11.3. The van der Waals surface area contributed by atoms with E-state index in [1.807, 2.05) is 11.4 Å². The van der Waals surface area contributed by atoms with Crippen molar-refractivity contribution in [3.63, 3.8) is 0 Å². The van der Waals surface area contributed by atoms with Crippen LogP contribution in [-0.2, 0) is 6.61 Å². The molecule has 0 unspecified atom stereocenters. The summed E-state index contributed by atoms with van der Waals surface area (Å²) in [6.45, 7) is 3.56. The highest BCUT2D eigenvalue weighted by atomic mass is 32.1. The third kappa shape index (κ3) is 2.54. The second kappa shape index (κ2) is 5.23. The Morgan fingerprint density at radius 2 is 2.22 bits per heavy atom. The van der Waals surface area contributed by atoms with Crippen LogP contribution in [0, 0.1) is 12.3 Å². The number of rotatable bonds is 4. The predicted octanol–water partition coefficient (Wildman–Crippen LogP) is 3.34. The van der Waals surface area contributed by atoms with E-state index in [9.17, 15) is 9.90 Å². The summed E-state index contributed by atoms with van der Waals surface area (Å²) in [4.78, 5) is 11.3. The summed E-state index contributed by atoms with van der Waals surface area (Å²) in [5, 5.41) is 14.9. The van der Waals surface area contributed by atoms with Crippen LogP contribution in [-0.4, -0.2) is 10.9 Å². The zero-order valence-corrected chi connectivity index (χ0v) is 11.0. The number of ketones is 1. The molecule has 0 amide bonds. The molecular weight excluding hydrogens is 248 g/mol. The Labute approximate surface area is 110 Å². The van der Waals surface area contributed by atoms with Crippen molar-refractivity contribution in [3.8, 4) is 11.5 Å². The van der Waals surface area contributed by atoms with Gasteiger partial charge in [-0.1, -0.05) is 0 Å². The minimum atomic E-state index is -0.159. The molecule has 0 saturated heterocycles. The van der Waals surface area contributed by atoms with E-state index in [4.69, 9.17) is 4.74 Å². The highest BCUT2D eigenvalue weighted by Gasteiger charge is 2.13. The van der Waals surface area contributed by atoms with Gasteiger partial charge in [-0.05, 0) is 37.4 Å². The summed E-state index contributed by atoms with van der Waals surface area (Å²) in [6, 6.07) is 5.22. The molecule has 0 saturated carbocycles. The molecule has 2 rings (SSSR count). The third-order valence-corrected chi connectivity index (χ3v) is 3.32. The van der Waals surface area contributed by atoms with Crippen molar-refractivity contribution in [2.75, 3.05) is 0 Å². The van der Waals surface area contributed by atoms with Crippen LogP contribution in [0.1, 0.15) is 28.4 Å². The van der Waals surface area contributed by atoms with E-state index in [2.05, 4.69) is 5.38 Å². The van der Waals surface area contributed by atoms with Crippen LogP contribution in [0.2, 0.25) is 0 Å². The van der Waals surface area contributed by atoms with E-state index in [-0.39, 0.29) is 11.5 Å². The Morgan fingerprint density at radius 1 is 1.44 bits per heavy atom. The van der Waals surface area contributed by atoms with Crippen LogP contribution in [0.25, 0.3) is 0 Å². The van der Waals surface area contributed by atoms with Gasteiger partial charge < -0.3 is 9.84 Å². The molecule has 1 heterocycles. The van der Waals surface area contributed by atoms with E-state index >= 15 is 0 Å². The van der Waals surface area contributed by atoms with Gasteiger partial charge in [0.25, 0.3) is 0 Å². The van der Waals surface area contributed by atoms with Gasteiger partial charge in [0.05, 0.1) is 10.9 Å². The molecule has 0 spiro atoms. The summed E-state index contributed by atoms with van der Waals surface area (Å²) in [5.74, 6) is 0.416. The highest BCUT2D eigenvalue weighted by molar-refractivity contribution is 7.07. The number of benzene rings is 1.